The Morgan fingerprint density at radius 2 is 1.85 bits per heavy atom. The minimum atomic E-state index is -1.06. The average molecular weight is 924 g/mol. The van der Waals surface area contributed by atoms with E-state index >= 15 is 0 Å². The number of hydrazine groups is 1. The van der Waals surface area contributed by atoms with Gasteiger partial charge in [-0.2, -0.15) is 0 Å². The average Bonchev–Trinajstić information content (AvgIpc) is 4.08. The van der Waals surface area contributed by atoms with E-state index < -0.39 is 47.2 Å². The second-order valence-corrected chi connectivity index (χ2v) is 19.9. The summed E-state index contributed by atoms with van der Waals surface area (Å²) in [5.74, 6) is 2.69. The minimum absolute atomic E-state index is 0.132. The maximum absolute atomic E-state index is 14.9. The molecular formula is C54H65N7O7. The number of methoxy groups -OCH3 is 1. The lowest BCUT2D eigenvalue weighted by Gasteiger charge is -2.36. The van der Waals surface area contributed by atoms with E-state index in [-0.39, 0.29) is 43.4 Å². The molecule has 358 valence electrons. The summed E-state index contributed by atoms with van der Waals surface area (Å²) in [6.45, 7) is 10.8. The largest absolute Gasteiger partial charge is 0.464 e. The highest BCUT2D eigenvalue weighted by Crippen LogP contribution is 2.41. The number of esters is 1. The van der Waals surface area contributed by atoms with Crippen LogP contribution in [0.3, 0.4) is 0 Å². The molecule has 1 aliphatic carbocycles. The molecule has 0 radical (unpaired) electrons. The Bertz CT molecular complexity index is 2710. The zero-order valence-corrected chi connectivity index (χ0v) is 40.7. The van der Waals surface area contributed by atoms with Crippen molar-refractivity contribution in [1.82, 2.24) is 35.1 Å². The summed E-state index contributed by atoms with van der Waals surface area (Å²) in [6.07, 6.45) is 7.53. The Kier molecular flexibility index (Phi) is 14.3. The van der Waals surface area contributed by atoms with Gasteiger partial charge < -0.3 is 29.2 Å². The minimum Gasteiger partial charge on any atom is -0.464 e. The van der Waals surface area contributed by atoms with Gasteiger partial charge in [0.2, 0.25) is 11.8 Å². The number of allylic oxidation sites excluding steroid dienone is 1. The Morgan fingerprint density at radius 3 is 2.60 bits per heavy atom. The van der Waals surface area contributed by atoms with E-state index in [9.17, 15) is 24.0 Å². The van der Waals surface area contributed by atoms with Crippen molar-refractivity contribution in [3.05, 3.63) is 89.3 Å². The number of ether oxygens (including phenoxy) is 2. The highest BCUT2D eigenvalue weighted by molar-refractivity contribution is 5.97. The van der Waals surface area contributed by atoms with Gasteiger partial charge >= 0.3 is 5.97 Å². The number of amides is 4. The molecule has 0 spiro atoms. The van der Waals surface area contributed by atoms with Gasteiger partial charge in [0.15, 0.2) is 0 Å². The lowest BCUT2D eigenvalue weighted by atomic mass is 9.84. The summed E-state index contributed by atoms with van der Waals surface area (Å²) >= 11 is 0. The molecule has 8 rings (SSSR count). The fourth-order valence-corrected chi connectivity index (χ4v) is 10.6. The van der Waals surface area contributed by atoms with Crippen molar-refractivity contribution in [2.24, 2.45) is 24.3 Å². The first-order chi connectivity index (χ1) is 32.6. The number of likely N-dealkylation sites (tertiary alicyclic amines) is 1. The van der Waals surface area contributed by atoms with Gasteiger partial charge in [0.1, 0.15) is 18.1 Å². The fraction of sp³-hybridized carbons (Fsp3) is 0.481. The molecule has 0 unspecified atom stereocenters. The molecule has 68 heavy (non-hydrogen) atoms. The first-order valence-electron chi connectivity index (χ1n) is 24.0. The third-order valence-corrected chi connectivity index (χ3v) is 14.3. The van der Waals surface area contributed by atoms with Crippen molar-refractivity contribution in [3.8, 4) is 34.2 Å². The topological polar surface area (TPSA) is 155 Å². The normalized spacial score (nSPS) is 22.6. The third kappa shape index (κ3) is 9.82. The fourth-order valence-electron chi connectivity index (χ4n) is 10.6. The maximum Gasteiger partial charge on any atom is 0.324 e. The molecule has 5 heterocycles. The van der Waals surface area contributed by atoms with E-state index in [2.05, 4.69) is 84.4 Å². The molecular weight excluding hydrogens is 859 g/mol. The summed E-state index contributed by atoms with van der Waals surface area (Å²) in [5, 5.41) is 5.63. The number of likely N-dealkylation sites (N-methyl/N-ethyl adjacent to an activating group) is 1. The first-order valence-corrected chi connectivity index (χ1v) is 24.0. The molecule has 14 heteroatoms. The van der Waals surface area contributed by atoms with Crippen LogP contribution >= 0.6 is 0 Å². The van der Waals surface area contributed by atoms with Gasteiger partial charge in [-0.1, -0.05) is 63.1 Å². The number of aryl methyl sites for hydroxylation is 1. The number of benzene rings is 2. The van der Waals surface area contributed by atoms with Gasteiger partial charge in [0, 0.05) is 75.3 Å². The van der Waals surface area contributed by atoms with Crippen LogP contribution in [0.5, 0.6) is 0 Å². The van der Waals surface area contributed by atoms with Gasteiger partial charge in [-0.25, -0.2) is 5.43 Å². The summed E-state index contributed by atoms with van der Waals surface area (Å²) in [7, 11) is 5.39. The van der Waals surface area contributed by atoms with Crippen molar-refractivity contribution < 1.29 is 33.4 Å². The van der Waals surface area contributed by atoms with Crippen LogP contribution in [0.2, 0.25) is 0 Å². The summed E-state index contributed by atoms with van der Waals surface area (Å²) in [4.78, 5) is 78.7. The maximum atomic E-state index is 14.9. The molecule has 6 bridgehead atoms. The summed E-state index contributed by atoms with van der Waals surface area (Å²) in [6, 6.07) is 15.7. The van der Waals surface area contributed by atoms with Gasteiger partial charge in [-0.15, -0.1) is 0 Å². The molecule has 3 aliphatic heterocycles. The van der Waals surface area contributed by atoms with Gasteiger partial charge in [0.05, 0.1) is 30.0 Å². The number of fused-ring (bicyclic) bond motifs is 6. The Morgan fingerprint density at radius 1 is 1.06 bits per heavy atom. The monoisotopic (exact) mass is 923 g/mol. The molecule has 14 nitrogen and oxygen atoms in total. The van der Waals surface area contributed by atoms with Crippen LogP contribution in [0.25, 0.3) is 33.3 Å². The van der Waals surface area contributed by atoms with Gasteiger partial charge in [0.25, 0.3) is 11.8 Å². The third-order valence-electron chi connectivity index (χ3n) is 14.3. The number of carbonyl (C=O) groups is 5. The van der Waals surface area contributed by atoms with Crippen LogP contribution in [-0.4, -0.2) is 112 Å². The molecule has 4 amide bonds. The number of hydrogen-bond acceptors (Lipinski definition) is 9. The van der Waals surface area contributed by atoms with E-state index in [1.807, 2.05) is 38.1 Å². The zero-order valence-electron chi connectivity index (χ0n) is 40.7. The molecule has 6 atom stereocenters. The number of hydrogen-bond donors (Lipinski definition) is 2. The van der Waals surface area contributed by atoms with Crippen molar-refractivity contribution in [3.63, 3.8) is 0 Å². The lowest BCUT2D eigenvalue weighted by molar-refractivity contribution is -0.155. The molecule has 0 saturated carbocycles. The second-order valence-electron chi connectivity index (χ2n) is 19.9. The second kappa shape index (κ2) is 20.1. The van der Waals surface area contributed by atoms with Crippen LogP contribution in [-0.2, 0) is 53.3 Å². The molecule has 4 aliphatic rings. The predicted octanol–water partition coefficient (Wildman–Crippen LogP) is 6.32. The van der Waals surface area contributed by atoms with E-state index in [4.69, 9.17) is 14.5 Å². The summed E-state index contributed by atoms with van der Waals surface area (Å²) < 4.78 is 14.1. The molecule has 4 aromatic rings. The van der Waals surface area contributed by atoms with E-state index in [1.54, 1.807) is 32.2 Å². The van der Waals surface area contributed by atoms with Crippen molar-refractivity contribution in [2.45, 2.75) is 104 Å². The van der Waals surface area contributed by atoms with Crippen LogP contribution in [0, 0.1) is 29.1 Å². The molecule has 2 saturated heterocycles. The molecule has 2 aromatic heterocycles. The molecule has 2 fully saturated rings. The molecule has 2 N–H and O–H groups in total. The standard InChI is InChI=1S/C54H65N7O7/c1-9-15-46(62)60-30-33(2)42(31-60)51(64)59(7)48(36-17-10-11-18-36)50(63)56-44-27-35-16-12-19-37(26-35)38-22-23-45-40(28-38)41(49(58(45)6)39-20-13-24-55-47(39)34(3)67-8)29-54(4,5)32-68-53(66)43-21-14-25-61(57-43)52(44)65/h12-13,16-17,19-20,22-24,26,28,33-34,42-44,48,57H,10-11,14,18,21,25,27,29-32H2,1-8H3,(H,56,63)/t33-,34-,42+,43-,44-,48-/m0/s1. The quantitative estimate of drug-likeness (QED) is 0.117. The van der Waals surface area contributed by atoms with Crippen LogP contribution in [0.15, 0.2) is 72.4 Å². The number of pyridine rings is 1. The van der Waals surface area contributed by atoms with E-state index in [1.165, 1.54) is 9.91 Å². The summed E-state index contributed by atoms with van der Waals surface area (Å²) in [5.41, 5.74) is 11.2. The lowest BCUT2D eigenvalue weighted by Crippen LogP contribution is -2.62. The number of carbonyl (C=O) groups excluding carboxylic acids is 5. The van der Waals surface area contributed by atoms with Crippen molar-refractivity contribution >= 4 is 40.5 Å². The number of nitrogens with zero attached hydrogens (tertiary/aromatic N) is 5. The van der Waals surface area contributed by atoms with E-state index in [0.29, 0.717) is 38.8 Å². The van der Waals surface area contributed by atoms with E-state index in [0.717, 1.165) is 68.5 Å². The number of rotatable bonds is 8. The number of nitrogens with one attached hydrogen (secondary N) is 2. The Hall–Kier alpha value is -6.30. The Balaban J connectivity index is 1.17. The SMILES string of the molecule is CC#CC(=O)N1C[C@H](C)[C@H](C(=O)N(C)[C@H](C(=O)N[C@H]2Cc3cccc(c3)-c3ccc4c(c3)c(c(-c3cccnc3[C@H](C)OC)n4C)CC(C)(C)COC(=O)[C@@H]3CCCN(N3)C2=O)C2=CCCC2)C1. The van der Waals surface area contributed by atoms with Gasteiger partial charge in [-0.05, 0) is 116 Å². The van der Waals surface area contributed by atoms with Crippen LogP contribution in [0.1, 0.15) is 89.6 Å². The van der Waals surface area contributed by atoms with Crippen molar-refractivity contribution in [1.29, 1.82) is 0 Å². The van der Waals surface area contributed by atoms with Crippen molar-refractivity contribution in [2.75, 3.05) is 40.4 Å². The van der Waals surface area contributed by atoms with Gasteiger partial charge in [-0.3, -0.25) is 34.0 Å². The highest BCUT2D eigenvalue weighted by atomic mass is 16.5. The van der Waals surface area contributed by atoms with Crippen LogP contribution in [0.4, 0.5) is 0 Å². The first kappa shape index (κ1) is 48.2. The highest BCUT2D eigenvalue weighted by Gasteiger charge is 2.43. The zero-order chi connectivity index (χ0) is 48.4. The van der Waals surface area contributed by atoms with Crippen LogP contribution < -0.4 is 10.7 Å². The Labute approximate surface area is 399 Å². The number of aromatic nitrogens is 2. The number of cyclic esters (lactones) is 1. The molecule has 2 aromatic carbocycles. The smallest absolute Gasteiger partial charge is 0.324 e. The predicted molar refractivity (Wildman–Crippen MR) is 260 cm³/mol.